The van der Waals surface area contributed by atoms with Gasteiger partial charge in [0.05, 0.1) is 13.0 Å². The third-order valence-electron chi connectivity index (χ3n) is 2.97. The summed E-state index contributed by atoms with van der Waals surface area (Å²) < 4.78 is 5.55. The number of aryl methyl sites for hydroxylation is 1. The van der Waals surface area contributed by atoms with Crippen LogP contribution in [0.25, 0.3) is 0 Å². The number of pyridine rings is 1. The van der Waals surface area contributed by atoms with E-state index in [1.54, 1.807) is 6.20 Å². The third kappa shape index (κ3) is 2.38. The summed E-state index contributed by atoms with van der Waals surface area (Å²) in [6.45, 7) is 2.26. The van der Waals surface area contributed by atoms with Crippen LogP contribution in [0.4, 0.5) is 5.82 Å². The molecular formula is C12H13BrN2O3. The highest BCUT2D eigenvalue weighted by Crippen LogP contribution is 2.26. The normalized spacial score (nSPS) is 19.2. The zero-order chi connectivity index (χ0) is 13.3. The first-order valence-corrected chi connectivity index (χ1v) is 6.32. The van der Waals surface area contributed by atoms with Gasteiger partial charge in [0, 0.05) is 23.6 Å². The average Bonchev–Trinajstić information content (AvgIpc) is 2.74. The summed E-state index contributed by atoms with van der Waals surface area (Å²) in [5, 5.41) is 0. The highest BCUT2D eigenvalue weighted by molar-refractivity contribution is 9.10. The van der Waals surface area contributed by atoms with Crippen LogP contribution in [0.15, 0.2) is 16.7 Å². The van der Waals surface area contributed by atoms with E-state index in [1.165, 1.54) is 12.0 Å². The topological polar surface area (TPSA) is 59.5 Å². The Morgan fingerprint density at radius 2 is 2.33 bits per heavy atom. The number of aromatic nitrogens is 1. The molecule has 1 amide bonds. The van der Waals surface area contributed by atoms with E-state index in [0.29, 0.717) is 12.4 Å². The SMILES string of the molecule is COC(=O)C1CC(=O)N(c2cc(C)c(Br)cn2)C1. The number of hydrogen-bond acceptors (Lipinski definition) is 4. The van der Waals surface area contributed by atoms with Gasteiger partial charge in [0.25, 0.3) is 0 Å². The summed E-state index contributed by atoms with van der Waals surface area (Å²) in [4.78, 5) is 29.0. The molecule has 1 saturated heterocycles. The van der Waals surface area contributed by atoms with Gasteiger partial charge in [-0.05, 0) is 34.5 Å². The van der Waals surface area contributed by atoms with E-state index in [2.05, 4.69) is 25.7 Å². The molecule has 0 aliphatic carbocycles. The monoisotopic (exact) mass is 312 g/mol. The molecule has 0 N–H and O–H groups in total. The van der Waals surface area contributed by atoms with E-state index < -0.39 is 5.92 Å². The third-order valence-corrected chi connectivity index (χ3v) is 3.80. The molecule has 6 heteroatoms. The Morgan fingerprint density at radius 3 is 2.94 bits per heavy atom. The van der Waals surface area contributed by atoms with Crippen molar-refractivity contribution in [3.8, 4) is 0 Å². The molecule has 18 heavy (non-hydrogen) atoms. The van der Waals surface area contributed by atoms with Crippen molar-refractivity contribution in [1.82, 2.24) is 4.98 Å². The lowest BCUT2D eigenvalue weighted by Gasteiger charge is -2.15. The first kappa shape index (κ1) is 13.0. The molecule has 1 aliphatic rings. The summed E-state index contributed by atoms with van der Waals surface area (Å²) in [5.41, 5.74) is 0.995. The molecule has 1 aromatic heterocycles. The Balaban J connectivity index is 2.21. The average molecular weight is 313 g/mol. The number of methoxy groups -OCH3 is 1. The fourth-order valence-electron chi connectivity index (χ4n) is 1.93. The molecule has 2 heterocycles. The molecule has 0 aromatic carbocycles. The molecule has 0 radical (unpaired) electrons. The van der Waals surface area contributed by atoms with Crippen LogP contribution in [-0.4, -0.2) is 30.5 Å². The minimum Gasteiger partial charge on any atom is -0.469 e. The maximum absolute atomic E-state index is 11.9. The standard InChI is InChI=1S/C12H13BrN2O3/c1-7-3-10(14-5-9(7)13)15-6-8(4-11(15)16)12(17)18-2/h3,5,8H,4,6H2,1-2H3. The zero-order valence-corrected chi connectivity index (χ0v) is 11.7. The predicted molar refractivity (Wildman–Crippen MR) is 69.2 cm³/mol. The van der Waals surface area contributed by atoms with Gasteiger partial charge in [0.2, 0.25) is 5.91 Å². The number of hydrogen-bond donors (Lipinski definition) is 0. The van der Waals surface area contributed by atoms with Crippen molar-refractivity contribution in [2.24, 2.45) is 5.92 Å². The molecule has 2 rings (SSSR count). The smallest absolute Gasteiger partial charge is 0.311 e. The van der Waals surface area contributed by atoms with Gasteiger partial charge in [-0.1, -0.05) is 0 Å². The van der Waals surface area contributed by atoms with Crippen molar-refractivity contribution in [2.45, 2.75) is 13.3 Å². The zero-order valence-electron chi connectivity index (χ0n) is 10.1. The Kier molecular flexibility index (Phi) is 3.65. The van der Waals surface area contributed by atoms with Crippen molar-refractivity contribution in [1.29, 1.82) is 0 Å². The van der Waals surface area contributed by atoms with Gasteiger partial charge in [-0.2, -0.15) is 0 Å². The number of rotatable bonds is 2. The molecule has 1 fully saturated rings. The number of halogens is 1. The number of amides is 1. The molecule has 96 valence electrons. The summed E-state index contributed by atoms with van der Waals surface area (Å²) >= 11 is 3.36. The van der Waals surface area contributed by atoms with Crippen LogP contribution < -0.4 is 4.90 Å². The van der Waals surface area contributed by atoms with Crippen molar-refractivity contribution in [2.75, 3.05) is 18.6 Å². The number of ether oxygens (including phenoxy) is 1. The highest BCUT2D eigenvalue weighted by Gasteiger charge is 2.36. The van der Waals surface area contributed by atoms with Crippen LogP contribution >= 0.6 is 15.9 Å². The van der Waals surface area contributed by atoms with E-state index in [1.807, 2.05) is 13.0 Å². The van der Waals surface area contributed by atoms with Gasteiger partial charge in [-0.25, -0.2) is 4.98 Å². The number of nitrogens with zero attached hydrogens (tertiary/aromatic N) is 2. The fraction of sp³-hybridized carbons (Fsp3) is 0.417. The molecule has 1 aliphatic heterocycles. The van der Waals surface area contributed by atoms with E-state index >= 15 is 0 Å². The summed E-state index contributed by atoms with van der Waals surface area (Å²) in [5.74, 6) is -0.264. The minimum atomic E-state index is -0.395. The quantitative estimate of drug-likeness (QED) is 0.780. The Labute approximate surface area is 113 Å². The molecule has 1 unspecified atom stereocenters. The summed E-state index contributed by atoms with van der Waals surface area (Å²) in [6, 6.07) is 1.82. The fourth-order valence-corrected chi connectivity index (χ4v) is 2.14. The van der Waals surface area contributed by atoms with Crippen molar-refractivity contribution < 1.29 is 14.3 Å². The van der Waals surface area contributed by atoms with E-state index in [0.717, 1.165) is 10.0 Å². The minimum absolute atomic E-state index is 0.0976. The Hall–Kier alpha value is -1.43. The van der Waals surface area contributed by atoms with Gasteiger partial charge in [-0.15, -0.1) is 0 Å². The lowest BCUT2D eigenvalue weighted by atomic mass is 10.1. The van der Waals surface area contributed by atoms with Gasteiger partial charge in [0.1, 0.15) is 5.82 Å². The van der Waals surface area contributed by atoms with Gasteiger partial charge >= 0.3 is 5.97 Å². The molecule has 0 saturated carbocycles. The van der Waals surface area contributed by atoms with Crippen LogP contribution in [0.2, 0.25) is 0 Å². The summed E-state index contributed by atoms with van der Waals surface area (Å²) in [6.07, 6.45) is 1.84. The van der Waals surface area contributed by atoms with Gasteiger partial charge < -0.3 is 4.74 Å². The van der Waals surface area contributed by atoms with Gasteiger partial charge in [-0.3, -0.25) is 14.5 Å². The number of anilines is 1. The molecule has 0 spiro atoms. The maximum Gasteiger partial charge on any atom is 0.311 e. The Morgan fingerprint density at radius 1 is 1.61 bits per heavy atom. The van der Waals surface area contributed by atoms with Crippen LogP contribution in [0, 0.1) is 12.8 Å². The number of esters is 1. The lowest BCUT2D eigenvalue weighted by molar-refractivity contribution is -0.145. The second-order valence-corrected chi connectivity index (χ2v) is 5.07. The van der Waals surface area contributed by atoms with E-state index in [9.17, 15) is 9.59 Å². The maximum atomic E-state index is 11.9. The number of carbonyl (C=O) groups is 2. The molecule has 5 nitrogen and oxygen atoms in total. The van der Waals surface area contributed by atoms with Crippen molar-refractivity contribution in [3.05, 3.63) is 22.3 Å². The summed E-state index contributed by atoms with van der Waals surface area (Å²) in [7, 11) is 1.33. The van der Waals surface area contributed by atoms with E-state index in [4.69, 9.17) is 0 Å². The van der Waals surface area contributed by atoms with Crippen LogP contribution in [-0.2, 0) is 14.3 Å². The largest absolute Gasteiger partial charge is 0.469 e. The Bertz CT molecular complexity index is 504. The predicted octanol–water partition coefficient (Wildman–Crippen LogP) is 1.68. The van der Waals surface area contributed by atoms with Gasteiger partial charge in [0.15, 0.2) is 0 Å². The lowest BCUT2D eigenvalue weighted by Crippen LogP contribution is -2.27. The number of carbonyl (C=O) groups excluding carboxylic acids is 2. The van der Waals surface area contributed by atoms with Crippen LogP contribution in [0.3, 0.4) is 0 Å². The molecule has 1 aromatic rings. The molecule has 0 bridgehead atoms. The second kappa shape index (κ2) is 5.06. The van der Waals surface area contributed by atoms with Crippen LogP contribution in [0.5, 0.6) is 0 Å². The van der Waals surface area contributed by atoms with Crippen LogP contribution in [0.1, 0.15) is 12.0 Å². The highest BCUT2D eigenvalue weighted by atomic mass is 79.9. The molecular weight excluding hydrogens is 300 g/mol. The first-order chi connectivity index (χ1) is 8.52. The van der Waals surface area contributed by atoms with Crippen molar-refractivity contribution in [3.63, 3.8) is 0 Å². The van der Waals surface area contributed by atoms with E-state index in [-0.39, 0.29) is 18.3 Å². The first-order valence-electron chi connectivity index (χ1n) is 5.53. The second-order valence-electron chi connectivity index (χ2n) is 4.22. The van der Waals surface area contributed by atoms with Crippen molar-refractivity contribution >= 4 is 33.6 Å². The molecule has 1 atom stereocenters.